The molecule has 4 heteroatoms. The van der Waals surface area contributed by atoms with Crippen LogP contribution in [0.5, 0.6) is 0 Å². The van der Waals surface area contributed by atoms with Gasteiger partial charge in [-0.3, -0.25) is 0 Å². The van der Waals surface area contributed by atoms with Crippen LogP contribution in [0.15, 0.2) is 18.2 Å². The molecule has 0 spiro atoms. The van der Waals surface area contributed by atoms with Crippen LogP contribution in [0, 0.1) is 0 Å². The Kier molecular flexibility index (Phi) is 13.1. The van der Waals surface area contributed by atoms with Gasteiger partial charge in [-0.05, 0) is 37.8 Å². The molecule has 0 atom stereocenters. The quantitative estimate of drug-likeness (QED) is 0.253. The predicted octanol–water partition coefficient (Wildman–Crippen LogP) is 6.50. The van der Waals surface area contributed by atoms with Crippen molar-refractivity contribution < 1.29 is 19.1 Å². The van der Waals surface area contributed by atoms with Crippen molar-refractivity contribution >= 4 is 11.9 Å². The van der Waals surface area contributed by atoms with E-state index in [0.29, 0.717) is 17.7 Å². The van der Waals surface area contributed by atoms with Crippen LogP contribution in [0.25, 0.3) is 0 Å². The highest BCUT2D eigenvalue weighted by atomic mass is 16.5. The molecule has 0 fully saturated rings. The van der Waals surface area contributed by atoms with Gasteiger partial charge in [-0.15, -0.1) is 0 Å². The van der Waals surface area contributed by atoms with Crippen LogP contribution in [0.1, 0.15) is 111 Å². The molecule has 1 aromatic carbocycles. The third-order valence-corrected chi connectivity index (χ3v) is 4.88. The van der Waals surface area contributed by atoms with Gasteiger partial charge in [-0.25, -0.2) is 9.59 Å². The van der Waals surface area contributed by atoms with E-state index in [9.17, 15) is 9.59 Å². The van der Waals surface area contributed by atoms with E-state index in [2.05, 4.69) is 6.92 Å². The summed E-state index contributed by atoms with van der Waals surface area (Å²) in [5, 5.41) is 0. The van der Waals surface area contributed by atoms with Crippen LogP contribution >= 0.6 is 0 Å². The Balaban J connectivity index is 2.71. The maximum atomic E-state index is 12.5. The maximum absolute atomic E-state index is 12.5. The first-order chi connectivity index (χ1) is 13.7. The van der Waals surface area contributed by atoms with Crippen molar-refractivity contribution in [3.8, 4) is 0 Å². The summed E-state index contributed by atoms with van der Waals surface area (Å²) in [5.41, 5.74) is 1.59. The molecule has 1 rings (SSSR count). The van der Waals surface area contributed by atoms with Crippen molar-refractivity contribution in [2.24, 2.45) is 0 Å². The number of hydrogen-bond donors (Lipinski definition) is 0. The number of rotatable bonds is 15. The molecule has 0 aliphatic heterocycles. The lowest BCUT2D eigenvalue weighted by atomic mass is 9.96. The van der Waals surface area contributed by atoms with E-state index < -0.39 is 11.9 Å². The van der Waals surface area contributed by atoms with E-state index in [4.69, 9.17) is 9.47 Å². The molecule has 158 valence electrons. The summed E-state index contributed by atoms with van der Waals surface area (Å²) in [7, 11) is 0. The molecule has 0 amide bonds. The van der Waals surface area contributed by atoms with Crippen LogP contribution in [0.4, 0.5) is 0 Å². The van der Waals surface area contributed by atoms with Gasteiger partial charge in [0.2, 0.25) is 0 Å². The lowest BCUT2D eigenvalue weighted by Crippen LogP contribution is -2.17. The predicted molar refractivity (Wildman–Crippen MR) is 114 cm³/mol. The summed E-state index contributed by atoms with van der Waals surface area (Å²) in [6.45, 7) is 6.71. The number of ether oxygens (including phenoxy) is 2. The number of hydrogen-bond acceptors (Lipinski definition) is 4. The fourth-order valence-corrected chi connectivity index (χ4v) is 3.26. The van der Waals surface area contributed by atoms with Gasteiger partial charge in [-0.2, -0.15) is 0 Å². The Morgan fingerprint density at radius 1 is 0.750 bits per heavy atom. The normalized spacial score (nSPS) is 10.7. The Morgan fingerprint density at radius 3 is 2.04 bits per heavy atom. The van der Waals surface area contributed by atoms with Crippen LogP contribution < -0.4 is 0 Å². The molecule has 0 saturated carbocycles. The highest BCUT2D eigenvalue weighted by Gasteiger charge is 2.22. The van der Waals surface area contributed by atoms with E-state index in [0.717, 1.165) is 37.7 Å². The minimum Gasteiger partial charge on any atom is -0.462 e. The molecule has 0 aromatic heterocycles. The largest absolute Gasteiger partial charge is 0.462 e. The minimum absolute atomic E-state index is 0.287. The summed E-state index contributed by atoms with van der Waals surface area (Å²) in [6.07, 6.45) is 12.4. The van der Waals surface area contributed by atoms with Gasteiger partial charge >= 0.3 is 11.9 Å². The molecular formula is C24H38O4. The first-order valence-electron chi connectivity index (χ1n) is 11.1. The highest BCUT2D eigenvalue weighted by Crippen LogP contribution is 2.21. The van der Waals surface area contributed by atoms with Crippen LogP contribution in [0.2, 0.25) is 0 Å². The fourth-order valence-electron chi connectivity index (χ4n) is 3.26. The van der Waals surface area contributed by atoms with E-state index in [1.807, 2.05) is 19.1 Å². The van der Waals surface area contributed by atoms with Crippen LogP contribution in [-0.4, -0.2) is 25.2 Å². The molecule has 0 aliphatic carbocycles. The lowest BCUT2D eigenvalue weighted by Gasteiger charge is -2.13. The Labute approximate surface area is 171 Å². The SMILES string of the molecule is CCCCCCCCCCc1cccc(C(=O)OCCCC)c1C(=O)OCC. The monoisotopic (exact) mass is 390 g/mol. The summed E-state index contributed by atoms with van der Waals surface area (Å²) in [6, 6.07) is 5.42. The molecule has 28 heavy (non-hydrogen) atoms. The standard InChI is InChI=1S/C24H38O4/c1-4-7-9-10-11-12-13-14-16-20-17-15-18-21(22(20)24(26)27-6-3)23(25)28-19-8-5-2/h15,17-18H,4-14,16,19H2,1-3H3. The summed E-state index contributed by atoms with van der Waals surface area (Å²) < 4.78 is 10.6. The van der Waals surface area contributed by atoms with Gasteiger partial charge in [0, 0.05) is 0 Å². The third-order valence-electron chi connectivity index (χ3n) is 4.88. The Bertz CT molecular complexity index is 580. The lowest BCUT2D eigenvalue weighted by molar-refractivity contribution is 0.0463. The molecule has 0 heterocycles. The molecule has 0 N–H and O–H groups in total. The number of unbranched alkanes of at least 4 members (excludes halogenated alkanes) is 8. The van der Waals surface area contributed by atoms with Crippen molar-refractivity contribution in [1.82, 2.24) is 0 Å². The van der Waals surface area contributed by atoms with E-state index in [1.54, 1.807) is 13.0 Å². The van der Waals surface area contributed by atoms with Crippen molar-refractivity contribution in [3.63, 3.8) is 0 Å². The molecule has 0 unspecified atom stereocenters. The van der Waals surface area contributed by atoms with Gasteiger partial charge in [0.05, 0.1) is 24.3 Å². The van der Waals surface area contributed by atoms with Gasteiger partial charge in [0.15, 0.2) is 0 Å². The van der Waals surface area contributed by atoms with Crippen molar-refractivity contribution in [1.29, 1.82) is 0 Å². The van der Waals surface area contributed by atoms with Crippen LogP contribution in [-0.2, 0) is 15.9 Å². The molecular weight excluding hydrogens is 352 g/mol. The van der Waals surface area contributed by atoms with Gasteiger partial charge in [-0.1, -0.05) is 77.3 Å². The Hall–Kier alpha value is -1.84. The van der Waals surface area contributed by atoms with E-state index >= 15 is 0 Å². The minimum atomic E-state index is -0.436. The molecule has 1 aromatic rings. The fraction of sp³-hybridized carbons (Fsp3) is 0.667. The van der Waals surface area contributed by atoms with Crippen molar-refractivity contribution in [2.75, 3.05) is 13.2 Å². The second-order valence-corrected chi connectivity index (χ2v) is 7.27. The van der Waals surface area contributed by atoms with Crippen molar-refractivity contribution in [3.05, 3.63) is 34.9 Å². The second-order valence-electron chi connectivity index (χ2n) is 7.27. The van der Waals surface area contributed by atoms with Gasteiger partial charge < -0.3 is 9.47 Å². The van der Waals surface area contributed by atoms with Crippen molar-refractivity contribution in [2.45, 2.75) is 91.4 Å². The summed E-state index contributed by atoms with van der Waals surface area (Å²) in [4.78, 5) is 25.0. The first kappa shape index (κ1) is 24.2. The highest BCUT2D eigenvalue weighted by molar-refractivity contribution is 6.04. The smallest absolute Gasteiger partial charge is 0.339 e. The zero-order valence-corrected chi connectivity index (χ0v) is 18.1. The van der Waals surface area contributed by atoms with Gasteiger partial charge in [0.25, 0.3) is 0 Å². The third kappa shape index (κ3) is 8.90. The average molecular weight is 391 g/mol. The number of esters is 2. The van der Waals surface area contributed by atoms with E-state index in [1.165, 1.54) is 38.5 Å². The van der Waals surface area contributed by atoms with Crippen LogP contribution in [0.3, 0.4) is 0 Å². The first-order valence-corrected chi connectivity index (χ1v) is 11.1. The number of benzene rings is 1. The zero-order chi connectivity index (χ0) is 20.6. The van der Waals surface area contributed by atoms with Gasteiger partial charge in [0.1, 0.15) is 0 Å². The summed E-state index contributed by atoms with van der Waals surface area (Å²) >= 11 is 0. The molecule has 4 nitrogen and oxygen atoms in total. The zero-order valence-electron chi connectivity index (χ0n) is 18.1. The second kappa shape index (κ2) is 15.1. The topological polar surface area (TPSA) is 52.6 Å². The number of carbonyl (C=O) groups excluding carboxylic acids is 2. The Morgan fingerprint density at radius 2 is 1.39 bits per heavy atom. The summed E-state index contributed by atoms with van der Waals surface area (Å²) in [5.74, 6) is -0.866. The molecule has 0 bridgehead atoms. The average Bonchev–Trinajstić information content (AvgIpc) is 2.70. The number of carbonyl (C=O) groups is 2. The molecule has 0 radical (unpaired) electrons. The number of aryl methyl sites for hydroxylation is 1. The molecule has 0 saturated heterocycles. The maximum Gasteiger partial charge on any atom is 0.339 e. The van der Waals surface area contributed by atoms with E-state index in [-0.39, 0.29) is 6.61 Å². The molecule has 0 aliphatic rings.